The van der Waals surface area contributed by atoms with Crippen LogP contribution in [0.4, 0.5) is 0 Å². The van der Waals surface area contributed by atoms with Crippen LogP contribution in [0.5, 0.6) is 0 Å². The van der Waals surface area contributed by atoms with Gasteiger partial charge < -0.3 is 0 Å². The molecule has 3 heteroatoms. The van der Waals surface area contributed by atoms with Gasteiger partial charge in [-0.1, -0.05) is 52.2 Å². The predicted molar refractivity (Wildman–Crippen MR) is 77.9 cm³/mol. The summed E-state index contributed by atoms with van der Waals surface area (Å²) in [5.74, 6) is 0. The molecule has 0 spiro atoms. The van der Waals surface area contributed by atoms with Crippen molar-refractivity contribution in [2.24, 2.45) is 0 Å². The van der Waals surface area contributed by atoms with E-state index in [1.165, 1.54) is 37.8 Å². The van der Waals surface area contributed by atoms with Crippen LogP contribution in [0.3, 0.4) is 0 Å². The first-order valence-corrected chi connectivity index (χ1v) is 7.84. The van der Waals surface area contributed by atoms with Gasteiger partial charge in [0, 0.05) is 22.9 Å². The maximum atomic E-state index is 6.23. The number of nitrogens with zero attached hydrogens (tertiary/aromatic N) is 1. The molecule has 0 radical (unpaired) electrons. The van der Waals surface area contributed by atoms with Crippen molar-refractivity contribution >= 4 is 27.5 Å². The van der Waals surface area contributed by atoms with E-state index in [1.807, 2.05) is 12.1 Å². The van der Waals surface area contributed by atoms with Gasteiger partial charge in [-0.15, -0.1) is 0 Å². The Morgan fingerprint density at radius 2 is 2.12 bits per heavy atom. The lowest BCUT2D eigenvalue weighted by molar-refractivity contribution is 0.137. The molecule has 2 rings (SSSR count). The first kappa shape index (κ1) is 13.4. The zero-order chi connectivity index (χ0) is 12.1. The van der Waals surface area contributed by atoms with E-state index in [1.54, 1.807) is 0 Å². The largest absolute Gasteiger partial charge is 0.296 e. The van der Waals surface area contributed by atoms with E-state index in [0.29, 0.717) is 0 Å². The molecule has 94 valence electrons. The van der Waals surface area contributed by atoms with Gasteiger partial charge in [-0.2, -0.15) is 0 Å². The van der Waals surface area contributed by atoms with Crippen LogP contribution in [-0.2, 0) is 6.54 Å². The summed E-state index contributed by atoms with van der Waals surface area (Å²) in [5.41, 5.74) is 1.26. The van der Waals surface area contributed by atoms with Crippen molar-refractivity contribution in [2.45, 2.75) is 38.3 Å². The standard InChI is InChI=1S/C14H19BrClN/c15-9-8-13-6-3-4-10-17(13)11-12-5-1-2-7-14(12)16/h1-2,5,7,13H,3-4,6,8-11H2. The number of benzene rings is 1. The monoisotopic (exact) mass is 315 g/mol. The third-order valence-corrected chi connectivity index (χ3v) is 4.35. The fourth-order valence-electron chi connectivity index (χ4n) is 2.57. The Morgan fingerprint density at radius 1 is 1.29 bits per heavy atom. The summed E-state index contributed by atoms with van der Waals surface area (Å²) in [6.07, 6.45) is 5.26. The molecule has 1 fully saturated rings. The summed E-state index contributed by atoms with van der Waals surface area (Å²) in [4.78, 5) is 2.59. The van der Waals surface area contributed by atoms with Crippen LogP contribution in [-0.4, -0.2) is 22.8 Å². The highest BCUT2D eigenvalue weighted by molar-refractivity contribution is 9.09. The van der Waals surface area contributed by atoms with Crippen molar-refractivity contribution in [1.82, 2.24) is 4.90 Å². The molecule has 0 bridgehead atoms. The summed E-state index contributed by atoms with van der Waals surface area (Å²) in [6, 6.07) is 8.92. The smallest absolute Gasteiger partial charge is 0.0451 e. The van der Waals surface area contributed by atoms with Crippen LogP contribution in [0.1, 0.15) is 31.2 Å². The lowest BCUT2D eigenvalue weighted by Gasteiger charge is -2.35. The topological polar surface area (TPSA) is 3.24 Å². The Morgan fingerprint density at radius 3 is 2.88 bits per heavy atom. The second kappa shape index (κ2) is 6.77. The Balaban J connectivity index is 2.03. The van der Waals surface area contributed by atoms with E-state index in [0.717, 1.165) is 22.9 Å². The average molecular weight is 317 g/mol. The average Bonchev–Trinajstić information content (AvgIpc) is 2.35. The number of hydrogen-bond acceptors (Lipinski definition) is 1. The lowest BCUT2D eigenvalue weighted by atomic mass is 9.99. The maximum absolute atomic E-state index is 6.23. The normalized spacial score (nSPS) is 21.6. The van der Waals surface area contributed by atoms with Crippen molar-refractivity contribution < 1.29 is 0 Å². The summed E-state index contributed by atoms with van der Waals surface area (Å²) in [5, 5.41) is 1.99. The molecule has 0 amide bonds. The van der Waals surface area contributed by atoms with Crippen LogP contribution in [0.25, 0.3) is 0 Å². The van der Waals surface area contributed by atoms with Crippen molar-refractivity contribution in [1.29, 1.82) is 0 Å². The first-order chi connectivity index (χ1) is 8.31. The molecule has 1 aliphatic heterocycles. The van der Waals surface area contributed by atoms with Crippen molar-refractivity contribution in [2.75, 3.05) is 11.9 Å². The molecule has 17 heavy (non-hydrogen) atoms. The lowest BCUT2D eigenvalue weighted by Crippen LogP contribution is -2.39. The van der Waals surface area contributed by atoms with E-state index in [-0.39, 0.29) is 0 Å². The molecule has 0 saturated carbocycles. The molecule has 1 aromatic rings. The third kappa shape index (κ3) is 3.70. The second-order valence-corrected chi connectivity index (χ2v) is 5.89. The highest BCUT2D eigenvalue weighted by Crippen LogP contribution is 2.25. The quantitative estimate of drug-likeness (QED) is 0.740. The Hall–Kier alpha value is -0.0500. The molecule has 1 heterocycles. The molecule has 1 unspecified atom stereocenters. The van der Waals surface area contributed by atoms with Gasteiger partial charge in [-0.25, -0.2) is 0 Å². The fraction of sp³-hybridized carbons (Fsp3) is 0.571. The number of hydrogen-bond donors (Lipinski definition) is 0. The van der Waals surface area contributed by atoms with Crippen LogP contribution in [0, 0.1) is 0 Å². The van der Waals surface area contributed by atoms with Crippen LogP contribution in [0.2, 0.25) is 5.02 Å². The number of piperidine rings is 1. The zero-order valence-corrected chi connectivity index (χ0v) is 12.4. The Kier molecular flexibility index (Phi) is 5.33. The van der Waals surface area contributed by atoms with Crippen molar-refractivity contribution in [3.63, 3.8) is 0 Å². The highest BCUT2D eigenvalue weighted by Gasteiger charge is 2.22. The van der Waals surface area contributed by atoms with E-state index in [9.17, 15) is 0 Å². The van der Waals surface area contributed by atoms with Crippen molar-refractivity contribution in [3.05, 3.63) is 34.9 Å². The van der Waals surface area contributed by atoms with Gasteiger partial charge in [-0.3, -0.25) is 4.90 Å². The van der Waals surface area contributed by atoms with Crippen molar-refractivity contribution in [3.8, 4) is 0 Å². The summed E-state index contributed by atoms with van der Waals surface area (Å²) < 4.78 is 0. The molecule has 0 N–H and O–H groups in total. The summed E-state index contributed by atoms with van der Waals surface area (Å²) in [6.45, 7) is 2.21. The minimum absolute atomic E-state index is 0.722. The number of alkyl halides is 1. The molecule has 0 aliphatic carbocycles. The first-order valence-electron chi connectivity index (χ1n) is 6.34. The third-order valence-electron chi connectivity index (χ3n) is 3.52. The molecule has 1 atom stereocenters. The second-order valence-electron chi connectivity index (χ2n) is 4.69. The van der Waals surface area contributed by atoms with Crippen LogP contribution >= 0.6 is 27.5 Å². The number of rotatable bonds is 4. The zero-order valence-electron chi connectivity index (χ0n) is 10.0. The van der Waals surface area contributed by atoms with E-state index < -0.39 is 0 Å². The predicted octanol–water partition coefficient (Wildman–Crippen LogP) is 4.48. The van der Waals surface area contributed by atoms with Gasteiger partial charge in [0.25, 0.3) is 0 Å². The minimum atomic E-state index is 0.722. The molecule has 1 nitrogen and oxygen atoms in total. The summed E-state index contributed by atoms with van der Waals surface area (Å²) >= 11 is 9.79. The Labute approximate surface area is 117 Å². The number of likely N-dealkylation sites (tertiary alicyclic amines) is 1. The van der Waals surface area contributed by atoms with Gasteiger partial charge in [0.2, 0.25) is 0 Å². The van der Waals surface area contributed by atoms with Gasteiger partial charge in [0.15, 0.2) is 0 Å². The van der Waals surface area contributed by atoms with Crippen LogP contribution in [0.15, 0.2) is 24.3 Å². The summed E-state index contributed by atoms with van der Waals surface area (Å²) in [7, 11) is 0. The van der Waals surface area contributed by atoms with Gasteiger partial charge in [-0.05, 0) is 37.4 Å². The van der Waals surface area contributed by atoms with Gasteiger partial charge in [0.1, 0.15) is 0 Å². The molecular weight excluding hydrogens is 298 g/mol. The molecule has 0 aromatic heterocycles. The van der Waals surface area contributed by atoms with Gasteiger partial charge >= 0.3 is 0 Å². The highest BCUT2D eigenvalue weighted by atomic mass is 79.9. The molecular formula is C14H19BrClN. The van der Waals surface area contributed by atoms with Gasteiger partial charge in [0.05, 0.1) is 0 Å². The maximum Gasteiger partial charge on any atom is 0.0451 e. The fourth-order valence-corrected chi connectivity index (χ4v) is 3.29. The van der Waals surface area contributed by atoms with E-state index >= 15 is 0 Å². The molecule has 1 aromatic carbocycles. The Bertz CT molecular complexity index is 354. The van der Waals surface area contributed by atoms with Crippen LogP contribution < -0.4 is 0 Å². The SMILES string of the molecule is Clc1ccccc1CN1CCCCC1CCBr. The molecule has 1 aliphatic rings. The number of halogens is 2. The van der Waals surface area contributed by atoms with E-state index in [4.69, 9.17) is 11.6 Å². The van der Waals surface area contributed by atoms with E-state index in [2.05, 4.69) is 33.0 Å². The minimum Gasteiger partial charge on any atom is -0.296 e. The molecule has 1 saturated heterocycles.